The molecule has 0 aliphatic rings. The van der Waals surface area contributed by atoms with Crippen LogP contribution in [0.2, 0.25) is 0 Å². The van der Waals surface area contributed by atoms with Crippen LogP contribution in [0.1, 0.15) is 10.4 Å². The second-order valence-corrected chi connectivity index (χ2v) is 5.50. The normalized spacial score (nSPS) is 10.8. The van der Waals surface area contributed by atoms with Crippen LogP contribution in [-0.2, 0) is 14.6 Å². The number of benzene rings is 1. The number of aldehydes is 1. The fraction of sp³-hybridized carbons (Fsp3) is 0.200. The zero-order valence-electron chi connectivity index (χ0n) is 8.64. The van der Waals surface area contributed by atoms with Gasteiger partial charge in [0.1, 0.15) is 12.0 Å². The summed E-state index contributed by atoms with van der Waals surface area (Å²) in [6, 6.07) is 6.12. The molecule has 0 aliphatic heterocycles. The van der Waals surface area contributed by atoms with Crippen molar-refractivity contribution in [3.05, 3.63) is 29.8 Å². The lowest BCUT2D eigenvalue weighted by atomic mass is 10.2. The number of carbonyl (C=O) groups excluding carboxylic acids is 2. The molecule has 0 aliphatic carbocycles. The Bertz CT molecular complexity index is 490. The largest absolute Gasteiger partial charge is 0.325 e. The van der Waals surface area contributed by atoms with Gasteiger partial charge < -0.3 is 5.32 Å². The Labute approximate surface area is 93.4 Å². The van der Waals surface area contributed by atoms with E-state index in [0.29, 0.717) is 17.5 Å². The lowest BCUT2D eigenvalue weighted by Crippen LogP contribution is -2.21. The number of hydrogen-bond donors (Lipinski definition) is 1. The number of amides is 1. The third-order valence-corrected chi connectivity index (χ3v) is 2.51. The van der Waals surface area contributed by atoms with Crippen molar-refractivity contribution in [2.45, 2.75) is 0 Å². The zero-order valence-corrected chi connectivity index (χ0v) is 9.45. The van der Waals surface area contributed by atoms with Gasteiger partial charge in [-0.25, -0.2) is 8.42 Å². The molecule has 0 atom stereocenters. The molecular formula is C10H11NO4S. The lowest BCUT2D eigenvalue weighted by Gasteiger charge is -2.03. The third kappa shape index (κ3) is 4.22. The van der Waals surface area contributed by atoms with E-state index >= 15 is 0 Å². The van der Waals surface area contributed by atoms with Gasteiger partial charge in [-0.1, -0.05) is 0 Å². The summed E-state index contributed by atoms with van der Waals surface area (Å²) >= 11 is 0. The van der Waals surface area contributed by atoms with Gasteiger partial charge >= 0.3 is 0 Å². The number of rotatable bonds is 4. The predicted molar refractivity (Wildman–Crippen MR) is 60.2 cm³/mol. The summed E-state index contributed by atoms with van der Waals surface area (Å²) < 4.78 is 21.7. The maximum atomic E-state index is 11.2. The van der Waals surface area contributed by atoms with Crippen LogP contribution in [0, 0.1) is 0 Å². The Kier molecular flexibility index (Phi) is 3.78. The summed E-state index contributed by atoms with van der Waals surface area (Å²) in [5.41, 5.74) is 0.945. The van der Waals surface area contributed by atoms with Crippen LogP contribution < -0.4 is 5.32 Å². The molecule has 1 rings (SSSR count). The van der Waals surface area contributed by atoms with Crippen molar-refractivity contribution in [1.82, 2.24) is 0 Å². The Morgan fingerprint density at radius 3 is 2.31 bits per heavy atom. The fourth-order valence-electron chi connectivity index (χ4n) is 1.08. The average Bonchev–Trinajstić information content (AvgIpc) is 2.16. The van der Waals surface area contributed by atoms with E-state index in [-0.39, 0.29) is 0 Å². The van der Waals surface area contributed by atoms with Gasteiger partial charge in [0, 0.05) is 17.5 Å². The maximum absolute atomic E-state index is 11.2. The second kappa shape index (κ2) is 4.89. The van der Waals surface area contributed by atoms with E-state index in [1.54, 1.807) is 0 Å². The smallest absolute Gasteiger partial charge is 0.239 e. The molecule has 1 aromatic rings. The summed E-state index contributed by atoms with van der Waals surface area (Å²) in [6.45, 7) is 0. The summed E-state index contributed by atoms with van der Waals surface area (Å²) in [5, 5.41) is 2.42. The number of nitrogens with one attached hydrogen (secondary N) is 1. The molecule has 16 heavy (non-hydrogen) atoms. The zero-order chi connectivity index (χ0) is 12.2. The van der Waals surface area contributed by atoms with Crippen molar-refractivity contribution < 1.29 is 18.0 Å². The molecule has 1 amide bonds. The quantitative estimate of drug-likeness (QED) is 0.777. The van der Waals surface area contributed by atoms with Gasteiger partial charge in [0.2, 0.25) is 5.91 Å². The molecule has 0 aromatic heterocycles. The Balaban J connectivity index is 2.66. The van der Waals surface area contributed by atoms with Crippen molar-refractivity contribution >= 4 is 27.7 Å². The lowest BCUT2D eigenvalue weighted by molar-refractivity contribution is -0.113. The first-order valence-electron chi connectivity index (χ1n) is 4.43. The minimum Gasteiger partial charge on any atom is -0.325 e. The molecule has 0 fully saturated rings. The molecule has 0 saturated carbocycles. The van der Waals surface area contributed by atoms with Gasteiger partial charge in [0.05, 0.1) is 0 Å². The van der Waals surface area contributed by atoms with E-state index < -0.39 is 21.5 Å². The van der Waals surface area contributed by atoms with Crippen LogP contribution in [0.3, 0.4) is 0 Å². The molecule has 6 heteroatoms. The molecular weight excluding hydrogens is 230 g/mol. The third-order valence-electron chi connectivity index (χ3n) is 1.72. The number of hydrogen-bond acceptors (Lipinski definition) is 4. The Morgan fingerprint density at radius 1 is 1.31 bits per heavy atom. The van der Waals surface area contributed by atoms with Crippen LogP contribution in [0.15, 0.2) is 24.3 Å². The van der Waals surface area contributed by atoms with Gasteiger partial charge in [-0.2, -0.15) is 0 Å². The Morgan fingerprint density at radius 2 is 1.88 bits per heavy atom. The minimum atomic E-state index is -3.32. The molecule has 86 valence electrons. The van der Waals surface area contributed by atoms with Crippen molar-refractivity contribution in [3.8, 4) is 0 Å². The number of carbonyl (C=O) groups is 2. The van der Waals surface area contributed by atoms with Crippen molar-refractivity contribution in [2.24, 2.45) is 0 Å². The van der Waals surface area contributed by atoms with Crippen molar-refractivity contribution in [3.63, 3.8) is 0 Å². The molecule has 0 bridgehead atoms. The van der Waals surface area contributed by atoms with Gasteiger partial charge in [-0.3, -0.25) is 9.59 Å². The van der Waals surface area contributed by atoms with Crippen LogP contribution in [0.5, 0.6) is 0 Å². The van der Waals surface area contributed by atoms with Crippen LogP contribution in [0.25, 0.3) is 0 Å². The first-order valence-corrected chi connectivity index (χ1v) is 6.49. The number of sulfone groups is 1. The monoisotopic (exact) mass is 241 g/mol. The van der Waals surface area contributed by atoms with E-state index in [9.17, 15) is 18.0 Å². The first-order chi connectivity index (χ1) is 7.40. The van der Waals surface area contributed by atoms with Gasteiger partial charge in [-0.15, -0.1) is 0 Å². The van der Waals surface area contributed by atoms with E-state index in [1.807, 2.05) is 0 Å². The predicted octanol–water partition coefficient (Wildman–Crippen LogP) is 0.482. The second-order valence-electron chi connectivity index (χ2n) is 3.36. The van der Waals surface area contributed by atoms with E-state index in [0.717, 1.165) is 6.26 Å². The molecule has 0 unspecified atom stereocenters. The van der Waals surface area contributed by atoms with Crippen LogP contribution >= 0.6 is 0 Å². The topological polar surface area (TPSA) is 80.3 Å². The molecule has 5 nitrogen and oxygen atoms in total. The fourth-order valence-corrected chi connectivity index (χ4v) is 1.63. The van der Waals surface area contributed by atoms with E-state index in [4.69, 9.17) is 0 Å². The molecule has 0 spiro atoms. The van der Waals surface area contributed by atoms with Gasteiger partial charge in [0.25, 0.3) is 0 Å². The molecule has 0 heterocycles. The summed E-state index contributed by atoms with van der Waals surface area (Å²) in [4.78, 5) is 21.6. The Hall–Kier alpha value is -1.69. The maximum Gasteiger partial charge on any atom is 0.239 e. The van der Waals surface area contributed by atoms with E-state index in [2.05, 4.69) is 5.32 Å². The molecule has 1 aromatic carbocycles. The highest BCUT2D eigenvalue weighted by molar-refractivity contribution is 7.91. The van der Waals surface area contributed by atoms with E-state index in [1.165, 1.54) is 24.3 Å². The first kappa shape index (κ1) is 12.4. The molecule has 0 saturated heterocycles. The van der Waals surface area contributed by atoms with Crippen molar-refractivity contribution in [1.29, 1.82) is 0 Å². The van der Waals surface area contributed by atoms with Gasteiger partial charge in [-0.05, 0) is 24.3 Å². The summed E-state index contributed by atoms with van der Waals surface area (Å²) in [6.07, 6.45) is 1.67. The average molecular weight is 241 g/mol. The summed E-state index contributed by atoms with van der Waals surface area (Å²) in [5.74, 6) is -1.15. The van der Waals surface area contributed by atoms with Crippen molar-refractivity contribution in [2.75, 3.05) is 17.3 Å². The number of anilines is 1. The van der Waals surface area contributed by atoms with Crippen LogP contribution in [-0.4, -0.2) is 32.6 Å². The van der Waals surface area contributed by atoms with Gasteiger partial charge in [0.15, 0.2) is 9.84 Å². The minimum absolute atomic E-state index is 0.458. The standard InChI is InChI=1S/C10H11NO4S/c1-16(14,15)7-10(13)11-9-4-2-8(6-12)3-5-9/h2-6H,7H2,1H3,(H,11,13). The highest BCUT2D eigenvalue weighted by Crippen LogP contribution is 2.08. The molecule has 1 N–H and O–H groups in total. The van der Waals surface area contributed by atoms with Crippen LogP contribution in [0.4, 0.5) is 5.69 Å². The molecule has 0 radical (unpaired) electrons. The summed E-state index contributed by atoms with van der Waals surface area (Å²) in [7, 11) is -3.32. The SMILES string of the molecule is CS(=O)(=O)CC(=O)Nc1ccc(C=O)cc1. The highest BCUT2D eigenvalue weighted by atomic mass is 32.2. The highest BCUT2D eigenvalue weighted by Gasteiger charge is 2.10.